The van der Waals surface area contributed by atoms with Crippen LogP contribution in [0.2, 0.25) is 0 Å². The van der Waals surface area contributed by atoms with Crippen LogP contribution in [0.3, 0.4) is 0 Å². The molecule has 2 N–H and O–H groups in total. The number of nitrogens with one attached hydrogen (secondary N) is 1. The Morgan fingerprint density at radius 1 is 1.48 bits per heavy atom. The van der Waals surface area contributed by atoms with Gasteiger partial charge in [0.25, 0.3) is 5.91 Å². The lowest BCUT2D eigenvalue weighted by atomic mass is 10.0. The van der Waals surface area contributed by atoms with Crippen molar-refractivity contribution in [3.8, 4) is 6.07 Å². The van der Waals surface area contributed by atoms with Gasteiger partial charge in [-0.1, -0.05) is 11.8 Å². The number of nitrogens with zero attached hydrogens (tertiary/aromatic N) is 6. The van der Waals surface area contributed by atoms with E-state index < -0.39 is 23.3 Å². The van der Waals surface area contributed by atoms with Crippen molar-refractivity contribution in [2.75, 3.05) is 11.5 Å². The van der Waals surface area contributed by atoms with Crippen LogP contribution >= 0.6 is 23.5 Å². The van der Waals surface area contributed by atoms with Gasteiger partial charge in [0, 0.05) is 11.5 Å². The molecule has 2 atom stereocenters. The number of hydrogen-bond donors (Lipinski definition) is 2. The van der Waals surface area contributed by atoms with Crippen LogP contribution in [-0.4, -0.2) is 70.9 Å². The fourth-order valence-electron chi connectivity index (χ4n) is 3.21. The molecule has 1 unspecified atom stereocenters. The summed E-state index contributed by atoms with van der Waals surface area (Å²) in [6.45, 7) is -0.0268. The van der Waals surface area contributed by atoms with E-state index in [1.807, 2.05) is 6.07 Å². The first-order valence-electron chi connectivity index (χ1n) is 8.97. The van der Waals surface area contributed by atoms with Crippen molar-refractivity contribution in [2.24, 2.45) is 0 Å². The van der Waals surface area contributed by atoms with E-state index in [9.17, 15) is 19.5 Å². The van der Waals surface area contributed by atoms with Gasteiger partial charge in [-0.25, -0.2) is 9.48 Å². The summed E-state index contributed by atoms with van der Waals surface area (Å²) < 4.78 is 6.44. The molecule has 2 aromatic rings. The average Bonchev–Trinajstić information content (AvgIpc) is 3.42. The number of aromatic nitrogens is 4. The highest BCUT2D eigenvalue weighted by Gasteiger charge is 2.54. The normalized spacial score (nSPS) is 20.1. The molecule has 0 bridgehead atoms. The number of β-lactam (4-membered cyclic amide) rings is 1. The standard InChI is InChI=1S/C17H15N7O5S2/c18-3-4-23-17(20-21-22-23)31-8-9-7-30-15-12(14(26)24(15)13(9)16(27)28)19-11(25)6-10-2-1-5-29-10/h1-2,5,12,15H,4,6-8H2,(H,19,25)(H,27,28)/t12?,15-/m1/s1. The molecule has 31 heavy (non-hydrogen) atoms. The third-order valence-corrected chi connectivity index (χ3v) is 6.96. The summed E-state index contributed by atoms with van der Waals surface area (Å²) in [6.07, 6.45) is 1.45. The Hall–Kier alpha value is -3.31. The number of tetrazole rings is 1. The monoisotopic (exact) mass is 461 g/mol. The number of rotatable bonds is 8. The molecule has 12 nitrogen and oxygen atoms in total. The number of furan rings is 1. The quantitative estimate of drug-likeness (QED) is 0.397. The molecule has 1 fully saturated rings. The lowest BCUT2D eigenvalue weighted by Gasteiger charge is -2.49. The molecule has 0 radical (unpaired) electrons. The average molecular weight is 461 g/mol. The molecule has 160 valence electrons. The van der Waals surface area contributed by atoms with E-state index in [4.69, 9.17) is 9.68 Å². The highest BCUT2D eigenvalue weighted by atomic mass is 32.2. The van der Waals surface area contributed by atoms with Crippen LogP contribution in [0.25, 0.3) is 0 Å². The number of hydrogen-bond acceptors (Lipinski definition) is 10. The zero-order valence-electron chi connectivity index (χ0n) is 15.8. The maximum absolute atomic E-state index is 12.7. The second kappa shape index (κ2) is 8.82. The minimum absolute atomic E-state index is 0.00486. The van der Waals surface area contributed by atoms with Crippen molar-refractivity contribution in [1.82, 2.24) is 30.4 Å². The van der Waals surface area contributed by atoms with Crippen molar-refractivity contribution in [1.29, 1.82) is 5.26 Å². The smallest absolute Gasteiger partial charge is 0.352 e. The van der Waals surface area contributed by atoms with Crippen molar-refractivity contribution in [3.63, 3.8) is 0 Å². The molecule has 2 aliphatic heterocycles. The number of carbonyl (C=O) groups excluding carboxylic acids is 2. The molecule has 0 saturated carbocycles. The van der Waals surface area contributed by atoms with Crippen LogP contribution < -0.4 is 5.32 Å². The Morgan fingerprint density at radius 2 is 2.32 bits per heavy atom. The van der Waals surface area contributed by atoms with Gasteiger partial charge >= 0.3 is 5.97 Å². The van der Waals surface area contributed by atoms with Crippen molar-refractivity contribution >= 4 is 41.3 Å². The maximum Gasteiger partial charge on any atom is 0.352 e. The van der Waals surface area contributed by atoms with E-state index in [2.05, 4.69) is 20.8 Å². The molecule has 4 heterocycles. The molecule has 0 spiro atoms. The van der Waals surface area contributed by atoms with Gasteiger partial charge in [0.1, 0.15) is 29.4 Å². The molecule has 2 aromatic heterocycles. The molecule has 2 amide bonds. The molecular weight excluding hydrogens is 446 g/mol. The number of amides is 2. The summed E-state index contributed by atoms with van der Waals surface area (Å²) in [4.78, 5) is 38.0. The zero-order valence-corrected chi connectivity index (χ0v) is 17.4. The molecule has 14 heteroatoms. The van der Waals surface area contributed by atoms with Crippen LogP contribution in [0.5, 0.6) is 0 Å². The van der Waals surface area contributed by atoms with Crippen LogP contribution in [0.1, 0.15) is 5.76 Å². The highest BCUT2D eigenvalue weighted by molar-refractivity contribution is 8.01. The topological polar surface area (TPSA) is 167 Å². The first kappa shape index (κ1) is 20.9. The largest absolute Gasteiger partial charge is 0.477 e. The van der Waals surface area contributed by atoms with Gasteiger partial charge in [-0.3, -0.25) is 14.5 Å². The molecular formula is C17H15N7O5S2. The Morgan fingerprint density at radius 3 is 3.03 bits per heavy atom. The van der Waals surface area contributed by atoms with Gasteiger partial charge < -0.3 is 14.8 Å². The summed E-state index contributed by atoms with van der Waals surface area (Å²) in [5.41, 5.74) is 0.455. The van der Waals surface area contributed by atoms with Crippen molar-refractivity contribution in [2.45, 2.75) is 29.5 Å². The highest BCUT2D eigenvalue weighted by Crippen LogP contribution is 2.41. The molecule has 0 aromatic carbocycles. The molecule has 0 aliphatic carbocycles. The number of fused-ring (bicyclic) bond motifs is 1. The van der Waals surface area contributed by atoms with Gasteiger partial charge in [0.15, 0.2) is 0 Å². The van der Waals surface area contributed by atoms with Crippen LogP contribution in [0, 0.1) is 11.3 Å². The van der Waals surface area contributed by atoms with Gasteiger partial charge in [0.05, 0.1) is 18.8 Å². The van der Waals surface area contributed by atoms with Crippen molar-refractivity contribution in [3.05, 3.63) is 35.4 Å². The summed E-state index contributed by atoms with van der Waals surface area (Å²) in [5, 5.41) is 32.1. The number of carboxylic acid groups (broad SMARTS) is 1. The predicted molar refractivity (Wildman–Crippen MR) is 106 cm³/mol. The number of carbonyl (C=O) groups is 3. The van der Waals surface area contributed by atoms with Crippen LogP contribution in [0.15, 0.2) is 39.2 Å². The zero-order chi connectivity index (χ0) is 22.0. The van der Waals surface area contributed by atoms with Crippen LogP contribution in [-0.2, 0) is 27.3 Å². The molecule has 4 rings (SSSR count). The number of thioether (sulfide) groups is 2. The summed E-state index contributed by atoms with van der Waals surface area (Å²) in [6, 6.07) is 4.47. The Labute approximate surface area is 183 Å². The fraction of sp³-hybridized carbons (Fsp3) is 0.353. The van der Waals surface area contributed by atoms with E-state index >= 15 is 0 Å². The summed E-state index contributed by atoms with van der Waals surface area (Å²) >= 11 is 2.56. The number of aliphatic carboxylic acids is 1. The maximum atomic E-state index is 12.7. The second-order valence-electron chi connectivity index (χ2n) is 6.53. The fourth-order valence-corrected chi connectivity index (χ4v) is 5.57. The minimum Gasteiger partial charge on any atom is -0.477 e. The SMILES string of the molecule is N#CCn1nnnc1SCC1=C(C(=O)O)N2C(=O)C(NC(=O)Cc3ccco3)[C@H]2SC1. The van der Waals surface area contributed by atoms with E-state index in [-0.39, 0.29) is 30.3 Å². The molecule has 2 aliphatic rings. The van der Waals surface area contributed by atoms with Crippen LogP contribution in [0.4, 0.5) is 0 Å². The summed E-state index contributed by atoms with van der Waals surface area (Å²) in [7, 11) is 0. The van der Waals surface area contributed by atoms with Gasteiger partial charge in [0.2, 0.25) is 11.1 Å². The first-order chi connectivity index (χ1) is 15.0. The third-order valence-electron chi connectivity index (χ3n) is 4.58. The Bertz CT molecular complexity index is 1090. The Balaban J connectivity index is 1.44. The van der Waals surface area contributed by atoms with Gasteiger partial charge in [-0.15, -0.1) is 16.9 Å². The third kappa shape index (κ3) is 4.14. The summed E-state index contributed by atoms with van der Waals surface area (Å²) in [5.74, 6) is -0.980. The molecule has 1 saturated heterocycles. The van der Waals surface area contributed by atoms with E-state index in [1.165, 1.54) is 39.4 Å². The lowest BCUT2D eigenvalue weighted by Crippen LogP contribution is -2.70. The van der Waals surface area contributed by atoms with Crippen molar-refractivity contribution < 1.29 is 23.9 Å². The lowest BCUT2D eigenvalue weighted by molar-refractivity contribution is -0.150. The van der Waals surface area contributed by atoms with Gasteiger partial charge in [-0.05, 0) is 28.1 Å². The number of carboxylic acids is 1. The predicted octanol–water partition coefficient (Wildman–Crippen LogP) is -0.137. The van der Waals surface area contributed by atoms with E-state index in [1.54, 1.807) is 12.1 Å². The first-order valence-corrected chi connectivity index (χ1v) is 11.0. The van der Waals surface area contributed by atoms with E-state index in [0.29, 0.717) is 22.2 Å². The van der Waals surface area contributed by atoms with Gasteiger partial charge in [-0.2, -0.15) is 5.26 Å². The van der Waals surface area contributed by atoms with E-state index in [0.717, 1.165) is 0 Å². The Kier molecular flexibility index (Phi) is 5.96. The number of nitriles is 1. The minimum atomic E-state index is -1.22. The second-order valence-corrected chi connectivity index (χ2v) is 8.58.